The molecule has 25 heavy (non-hydrogen) atoms. The highest BCUT2D eigenvalue weighted by Crippen LogP contribution is 2.14. The van der Waals surface area contributed by atoms with Crippen LogP contribution in [0.4, 0.5) is 0 Å². The third kappa shape index (κ3) is 5.17. The van der Waals surface area contributed by atoms with Gasteiger partial charge in [0.25, 0.3) is 5.91 Å². The number of carbonyl (C=O) groups is 1. The Morgan fingerprint density at radius 3 is 2.16 bits per heavy atom. The second-order valence-electron chi connectivity index (χ2n) is 7.21. The lowest BCUT2D eigenvalue weighted by atomic mass is 10.1. The van der Waals surface area contributed by atoms with Crippen molar-refractivity contribution in [3.8, 4) is 0 Å². The Morgan fingerprint density at radius 1 is 0.920 bits per heavy atom. The fraction of sp³-hybridized carbons (Fsp3) is 0.409. The molecule has 2 aromatic carbocycles. The Balaban J connectivity index is 1.53. The molecule has 0 atom stereocenters. The smallest absolute Gasteiger partial charge is 0.251 e. The fourth-order valence-electron chi connectivity index (χ4n) is 3.53. The van der Waals surface area contributed by atoms with Crippen LogP contribution in [0, 0.1) is 13.8 Å². The van der Waals surface area contributed by atoms with Gasteiger partial charge in [0.1, 0.15) is 0 Å². The number of nitrogens with one attached hydrogen (secondary N) is 1. The van der Waals surface area contributed by atoms with Crippen LogP contribution in [0.25, 0.3) is 0 Å². The molecule has 1 fully saturated rings. The average molecular weight is 336 g/mol. The zero-order valence-electron chi connectivity index (χ0n) is 15.3. The van der Waals surface area contributed by atoms with Gasteiger partial charge in [-0.1, -0.05) is 47.9 Å². The summed E-state index contributed by atoms with van der Waals surface area (Å²) in [6.45, 7) is 8.07. The minimum absolute atomic E-state index is 0.0100. The number of carbonyl (C=O) groups excluding carboxylic acids is 1. The molecule has 3 rings (SSSR count). The number of piperidine rings is 1. The number of likely N-dealkylation sites (tertiary alicyclic amines) is 1. The Hall–Kier alpha value is -2.13. The predicted octanol–water partition coefficient (Wildman–Crippen LogP) is 4.22. The first-order valence-corrected chi connectivity index (χ1v) is 9.27. The Morgan fingerprint density at radius 2 is 1.52 bits per heavy atom. The van der Waals surface area contributed by atoms with Gasteiger partial charge in [-0.2, -0.15) is 0 Å². The molecule has 0 aromatic heterocycles. The lowest BCUT2D eigenvalue weighted by Crippen LogP contribution is -2.29. The molecule has 0 unspecified atom stereocenters. The van der Waals surface area contributed by atoms with Gasteiger partial charge >= 0.3 is 0 Å². The van der Waals surface area contributed by atoms with Gasteiger partial charge in [-0.3, -0.25) is 9.69 Å². The van der Waals surface area contributed by atoms with E-state index >= 15 is 0 Å². The molecule has 1 aliphatic heterocycles. The van der Waals surface area contributed by atoms with Crippen LogP contribution in [0.1, 0.15) is 51.9 Å². The summed E-state index contributed by atoms with van der Waals surface area (Å²) in [6.07, 6.45) is 4.01. The molecule has 0 aliphatic carbocycles. The molecule has 0 saturated carbocycles. The van der Waals surface area contributed by atoms with Gasteiger partial charge in [0, 0.05) is 18.7 Å². The highest BCUT2D eigenvalue weighted by Gasteiger charge is 2.10. The van der Waals surface area contributed by atoms with Gasteiger partial charge in [-0.15, -0.1) is 0 Å². The van der Waals surface area contributed by atoms with E-state index in [1.165, 1.54) is 37.9 Å². The van der Waals surface area contributed by atoms with Crippen molar-refractivity contribution < 1.29 is 4.79 Å². The molecule has 132 valence electrons. The highest BCUT2D eigenvalue weighted by atomic mass is 16.1. The van der Waals surface area contributed by atoms with Crippen molar-refractivity contribution in [2.45, 2.75) is 46.2 Å². The van der Waals surface area contributed by atoms with Gasteiger partial charge < -0.3 is 5.32 Å². The van der Waals surface area contributed by atoms with Gasteiger partial charge in [-0.25, -0.2) is 0 Å². The first-order valence-electron chi connectivity index (χ1n) is 9.27. The molecule has 3 nitrogen and oxygen atoms in total. The molecule has 1 amide bonds. The van der Waals surface area contributed by atoms with E-state index in [1.54, 1.807) is 0 Å². The monoisotopic (exact) mass is 336 g/mol. The third-order valence-electron chi connectivity index (χ3n) is 4.81. The van der Waals surface area contributed by atoms with Crippen molar-refractivity contribution >= 4 is 5.91 Å². The quantitative estimate of drug-likeness (QED) is 0.886. The predicted molar refractivity (Wildman–Crippen MR) is 103 cm³/mol. The Kier molecular flexibility index (Phi) is 5.87. The highest BCUT2D eigenvalue weighted by molar-refractivity contribution is 5.94. The van der Waals surface area contributed by atoms with Crippen molar-refractivity contribution in [1.29, 1.82) is 0 Å². The molecule has 3 heteroatoms. The summed E-state index contributed by atoms with van der Waals surface area (Å²) in [6, 6.07) is 14.6. The first kappa shape index (κ1) is 17.7. The zero-order valence-corrected chi connectivity index (χ0v) is 15.3. The minimum atomic E-state index is -0.0100. The first-order chi connectivity index (χ1) is 12.1. The molecule has 2 aromatic rings. The van der Waals surface area contributed by atoms with E-state index < -0.39 is 0 Å². The van der Waals surface area contributed by atoms with Crippen LogP contribution in [0.3, 0.4) is 0 Å². The van der Waals surface area contributed by atoms with Crippen LogP contribution in [-0.2, 0) is 13.1 Å². The standard InChI is InChI=1S/C22H28N2O/c1-17-12-18(2)14-21(13-17)22(25)23-15-19-6-8-20(9-7-19)16-24-10-4-3-5-11-24/h6-9,12-14H,3-5,10-11,15-16H2,1-2H3,(H,23,25). The lowest BCUT2D eigenvalue weighted by Gasteiger charge is -2.26. The molecule has 0 spiro atoms. The number of benzene rings is 2. The van der Waals surface area contributed by atoms with Crippen molar-refractivity contribution in [3.63, 3.8) is 0 Å². The van der Waals surface area contributed by atoms with Gasteiger partial charge in [0.05, 0.1) is 0 Å². The Labute approximate surface area is 151 Å². The SMILES string of the molecule is Cc1cc(C)cc(C(=O)NCc2ccc(CN3CCCCC3)cc2)c1. The lowest BCUT2D eigenvalue weighted by molar-refractivity contribution is 0.0950. The molecular formula is C22H28N2O. The maximum atomic E-state index is 12.3. The minimum Gasteiger partial charge on any atom is -0.348 e. The Bertz CT molecular complexity index is 695. The largest absolute Gasteiger partial charge is 0.348 e. The van der Waals surface area contributed by atoms with E-state index in [0.29, 0.717) is 6.54 Å². The number of hydrogen-bond donors (Lipinski definition) is 1. The van der Waals surface area contributed by atoms with Gasteiger partial charge in [0.15, 0.2) is 0 Å². The van der Waals surface area contributed by atoms with Gasteiger partial charge in [-0.05, 0) is 63.0 Å². The fourth-order valence-corrected chi connectivity index (χ4v) is 3.53. The summed E-state index contributed by atoms with van der Waals surface area (Å²) in [4.78, 5) is 14.9. The second kappa shape index (κ2) is 8.30. The molecule has 1 aliphatic rings. The normalized spacial score (nSPS) is 15.1. The van der Waals surface area contributed by atoms with Crippen molar-refractivity contribution in [2.24, 2.45) is 0 Å². The summed E-state index contributed by atoms with van der Waals surface area (Å²) in [5.41, 5.74) is 5.46. The van der Waals surface area contributed by atoms with Crippen molar-refractivity contribution in [1.82, 2.24) is 10.2 Å². The van der Waals surface area contributed by atoms with Crippen molar-refractivity contribution in [3.05, 3.63) is 70.3 Å². The number of nitrogens with zero attached hydrogens (tertiary/aromatic N) is 1. The van der Waals surface area contributed by atoms with E-state index in [9.17, 15) is 4.79 Å². The summed E-state index contributed by atoms with van der Waals surface area (Å²) in [5, 5.41) is 3.02. The van der Waals surface area contributed by atoms with Crippen LogP contribution in [0.2, 0.25) is 0 Å². The third-order valence-corrected chi connectivity index (χ3v) is 4.81. The summed E-state index contributed by atoms with van der Waals surface area (Å²) in [7, 11) is 0. The van der Waals surface area contributed by atoms with Gasteiger partial charge in [0.2, 0.25) is 0 Å². The molecule has 1 saturated heterocycles. The summed E-state index contributed by atoms with van der Waals surface area (Å²) < 4.78 is 0. The summed E-state index contributed by atoms with van der Waals surface area (Å²) >= 11 is 0. The number of rotatable bonds is 5. The molecule has 0 radical (unpaired) electrons. The second-order valence-corrected chi connectivity index (χ2v) is 7.21. The molecular weight excluding hydrogens is 308 g/mol. The maximum absolute atomic E-state index is 12.3. The summed E-state index contributed by atoms with van der Waals surface area (Å²) in [5.74, 6) is -0.0100. The molecule has 0 bridgehead atoms. The van der Waals surface area contributed by atoms with Crippen LogP contribution < -0.4 is 5.32 Å². The van der Waals surface area contributed by atoms with E-state index in [1.807, 2.05) is 26.0 Å². The molecule has 1 N–H and O–H groups in total. The number of aryl methyl sites for hydroxylation is 2. The van der Waals surface area contributed by atoms with E-state index in [-0.39, 0.29) is 5.91 Å². The van der Waals surface area contributed by atoms with E-state index in [2.05, 4.69) is 40.5 Å². The number of amides is 1. The maximum Gasteiger partial charge on any atom is 0.251 e. The van der Waals surface area contributed by atoms with Crippen LogP contribution in [0.5, 0.6) is 0 Å². The van der Waals surface area contributed by atoms with Crippen LogP contribution in [-0.4, -0.2) is 23.9 Å². The zero-order chi connectivity index (χ0) is 17.6. The van der Waals surface area contributed by atoms with E-state index in [4.69, 9.17) is 0 Å². The van der Waals surface area contributed by atoms with Crippen LogP contribution >= 0.6 is 0 Å². The number of hydrogen-bond acceptors (Lipinski definition) is 2. The van der Waals surface area contributed by atoms with E-state index in [0.717, 1.165) is 28.8 Å². The molecule has 1 heterocycles. The van der Waals surface area contributed by atoms with Crippen LogP contribution in [0.15, 0.2) is 42.5 Å². The topological polar surface area (TPSA) is 32.3 Å². The average Bonchev–Trinajstić information content (AvgIpc) is 2.61. The van der Waals surface area contributed by atoms with Crippen molar-refractivity contribution in [2.75, 3.05) is 13.1 Å².